The number of rotatable bonds is 0. The molecule has 1 rings (SSSR count). The average Bonchev–Trinajstić information content (AvgIpc) is 1.86. The number of hydrogen-bond donors (Lipinski definition) is 1. The van der Waals surface area contributed by atoms with Gasteiger partial charge in [-0.1, -0.05) is 0 Å². The number of halogens is 2. The molecule has 0 aromatic rings. The van der Waals surface area contributed by atoms with Crippen LogP contribution in [0.25, 0.3) is 0 Å². The highest BCUT2D eigenvalue weighted by molar-refractivity contribution is 5.93. The van der Waals surface area contributed by atoms with E-state index >= 15 is 0 Å². The molecule has 0 aromatic heterocycles. The normalized spacial score (nSPS) is 13.8. The smallest absolute Gasteiger partial charge is 0.245 e. The van der Waals surface area contributed by atoms with Crippen LogP contribution < -0.4 is 5.43 Å². The average molecular weight is 157 g/mol. The second-order valence-electron chi connectivity index (χ2n) is 1.05. The van der Waals surface area contributed by atoms with E-state index in [1.54, 1.807) is 6.21 Å². The van der Waals surface area contributed by atoms with Crippen LogP contribution in [0.1, 0.15) is 6.42 Å². The number of carbonyl (C=O) groups is 1. The van der Waals surface area contributed by atoms with Gasteiger partial charge >= 0.3 is 0 Å². The monoisotopic (exact) mass is 156 g/mol. The summed E-state index contributed by atoms with van der Waals surface area (Å²) in [6.45, 7) is 0. The van der Waals surface area contributed by atoms with E-state index in [0.717, 1.165) is 0 Å². The summed E-state index contributed by atoms with van der Waals surface area (Å²) in [4.78, 5) is 10.0. The van der Waals surface area contributed by atoms with Gasteiger partial charge in [0, 0.05) is 6.21 Å². The van der Waals surface area contributed by atoms with Crippen molar-refractivity contribution in [3.05, 3.63) is 0 Å². The van der Waals surface area contributed by atoms with Crippen LogP contribution in [0.3, 0.4) is 0 Å². The zero-order chi connectivity index (χ0) is 4.41. The van der Waals surface area contributed by atoms with Gasteiger partial charge in [-0.15, -0.1) is 24.8 Å². The van der Waals surface area contributed by atoms with E-state index in [-0.39, 0.29) is 30.7 Å². The van der Waals surface area contributed by atoms with Crippen molar-refractivity contribution in [2.45, 2.75) is 6.42 Å². The highest BCUT2D eigenvalue weighted by Gasteiger charge is 1.99. The van der Waals surface area contributed by atoms with Crippen LogP contribution in [0.2, 0.25) is 0 Å². The van der Waals surface area contributed by atoms with E-state index in [0.29, 0.717) is 6.42 Å². The minimum absolute atomic E-state index is 0. The van der Waals surface area contributed by atoms with Crippen molar-refractivity contribution in [3.63, 3.8) is 0 Å². The second-order valence-corrected chi connectivity index (χ2v) is 1.05. The minimum Gasteiger partial charge on any atom is -0.273 e. The van der Waals surface area contributed by atoms with E-state index in [4.69, 9.17) is 0 Å². The third-order valence-corrected chi connectivity index (χ3v) is 0.557. The van der Waals surface area contributed by atoms with E-state index in [1.165, 1.54) is 0 Å². The molecule has 0 spiro atoms. The molecular weight excluding hydrogens is 151 g/mol. The van der Waals surface area contributed by atoms with Crippen molar-refractivity contribution < 1.29 is 4.79 Å². The summed E-state index contributed by atoms with van der Waals surface area (Å²) in [5.74, 6) is -0.0185. The first-order chi connectivity index (χ1) is 2.89. The molecule has 1 N–H and O–H groups in total. The molecule has 0 aromatic carbocycles. The van der Waals surface area contributed by atoms with Crippen LogP contribution >= 0.6 is 24.8 Å². The molecule has 0 atom stereocenters. The van der Waals surface area contributed by atoms with Gasteiger partial charge in [0.25, 0.3) is 0 Å². The third kappa shape index (κ3) is 2.82. The Morgan fingerprint density at radius 3 is 2.38 bits per heavy atom. The van der Waals surface area contributed by atoms with Gasteiger partial charge in [0.1, 0.15) is 0 Å². The molecule has 48 valence electrons. The molecule has 0 radical (unpaired) electrons. The van der Waals surface area contributed by atoms with Gasteiger partial charge in [0.2, 0.25) is 5.91 Å². The lowest BCUT2D eigenvalue weighted by molar-refractivity contribution is -0.119. The summed E-state index contributed by atoms with van der Waals surface area (Å²) in [5.41, 5.74) is 2.25. The largest absolute Gasteiger partial charge is 0.273 e. The van der Waals surface area contributed by atoms with Crippen molar-refractivity contribution in [1.29, 1.82) is 0 Å². The molecule has 3 nitrogen and oxygen atoms in total. The minimum atomic E-state index is -0.0185. The molecule has 1 aliphatic heterocycles. The predicted octanol–water partition coefficient (Wildman–Crippen LogP) is 0.336. The number of carbonyl (C=O) groups excluding carboxylic acids is 1. The maximum Gasteiger partial charge on any atom is 0.245 e. The number of nitrogens with one attached hydrogen (secondary N) is 1. The Balaban J connectivity index is 0. The Morgan fingerprint density at radius 1 is 1.62 bits per heavy atom. The highest BCUT2D eigenvalue weighted by atomic mass is 35.5. The molecule has 0 saturated carbocycles. The molecule has 1 aliphatic rings. The molecule has 1 amide bonds. The third-order valence-electron chi connectivity index (χ3n) is 0.557. The maximum atomic E-state index is 10.0. The highest BCUT2D eigenvalue weighted by Crippen LogP contribution is 1.79. The van der Waals surface area contributed by atoms with E-state index in [1.807, 2.05) is 0 Å². The molecule has 0 aliphatic carbocycles. The van der Waals surface area contributed by atoms with Crippen LogP contribution in [0.15, 0.2) is 5.10 Å². The Hall–Kier alpha value is -0.280. The summed E-state index contributed by atoms with van der Waals surface area (Å²) in [7, 11) is 0. The fourth-order valence-electron chi connectivity index (χ4n) is 0.292. The quantitative estimate of drug-likeness (QED) is 0.541. The lowest BCUT2D eigenvalue weighted by Crippen LogP contribution is -2.08. The number of hydrazone groups is 1. The number of hydrogen-bond acceptors (Lipinski definition) is 2. The Morgan fingerprint density at radius 2 is 2.25 bits per heavy atom. The van der Waals surface area contributed by atoms with Crippen LogP contribution in [0.4, 0.5) is 0 Å². The molecule has 0 unspecified atom stereocenters. The fraction of sp³-hybridized carbons (Fsp3) is 0.333. The van der Waals surface area contributed by atoms with Crippen molar-refractivity contribution >= 4 is 36.9 Å². The van der Waals surface area contributed by atoms with E-state index < -0.39 is 0 Å². The summed E-state index contributed by atoms with van der Waals surface area (Å²) in [6.07, 6.45) is 1.99. The molecule has 0 fully saturated rings. The first-order valence-corrected chi connectivity index (χ1v) is 1.70. The first kappa shape index (κ1) is 10.7. The summed E-state index contributed by atoms with van der Waals surface area (Å²) < 4.78 is 0. The second kappa shape index (κ2) is 4.87. The summed E-state index contributed by atoms with van der Waals surface area (Å²) in [6, 6.07) is 0. The van der Waals surface area contributed by atoms with Crippen LogP contribution in [-0.4, -0.2) is 12.1 Å². The lowest BCUT2D eigenvalue weighted by Gasteiger charge is -1.77. The van der Waals surface area contributed by atoms with Crippen LogP contribution in [0.5, 0.6) is 0 Å². The van der Waals surface area contributed by atoms with Gasteiger partial charge in [-0.05, 0) is 0 Å². The van der Waals surface area contributed by atoms with Gasteiger partial charge in [-0.25, -0.2) is 5.43 Å². The standard InChI is InChI=1S/C3H4N2O.2ClH/c6-3-1-2-4-5-3;;/h2H,1H2,(H,5,6);2*1H. The Labute approximate surface area is 59.3 Å². The topological polar surface area (TPSA) is 41.5 Å². The van der Waals surface area contributed by atoms with Crippen molar-refractivity contribution in [2.75, 3.05) is 0 Å². The van der Waals surface area contributed by atoms with E-state index in [2.05, 4.69) is 10.5 Å². The van der Waals surface area contributed by atoms with Gasteiger partial charge < -0.3 is 0 Å². The van der Waals surface area contributed by atoms with Gasteiger partial charge in [0.05, 0.1) is 6.42 Å². The molecule has 8 heavy (non-hydrogen) atoms. The number of nitrogens with zero attached hydrogens (tertiary/aromatic N) is 1. The Kier molecular flexibility index (Phi) is 6.48. The van der Waals surface area contributed by atoms with Crippen LogP contribution in [0, 0.1) is 0 Å². The zero-order valence-corrected chi connectivity index (χ0v) is 5.59. The summed E-state index contributed by atoms with van der Waals surface area (Å²) >= 11 is 0. The lowest BCUT2D eigenvalue weighted by atomic mass is 10.5. The molecule has 0 saturated heterocycles. The van der Waals surface area contributed by atoms with E-state index in [9.17, 15) is 4.79 Å². The zero-order valence-electron chi connectivity index (χ0n) is 3.96. The summed E-state index contributed by atoms with van der Waals surface area (Å²) in [5, 5.41) is 3.44. The molecule has 1 heterocycles. The van der Waals surface area contributed by atoms with Crippen molar-refractivity contribution in [2.24, 2.45) is 5.10 Å². The Bertz CT molecular complexity index is 93.5. The molecule has 5 heteroatoms. The van der Waals surface area contributed by atoms with Gasteiger partial charge in [0.15, 0.2) is 0 Å². The van der Waals surface area contributed by atoms with Gasteiger partial charge in [-0.3, -0.25) is 4.79 Å². The van der Waals surface area contributed by atoms with Crippen LogP contribution in [-0.2, 0) is 4.79 Å². The fourth-order valence-corrected chi connectivity index (χ4v) is 0.292. The van der Waals surface area contributed by atoms with Gasteiger partial charge in [-0.2, -0.15) is 5.10 Å². The predicted molar refractivity (Wildman–Crippen MR) is 35.7 cm³/mol. The van der Waals surface area contributed by atoms with Crippen molar-refractivity contribution in [1.82, 2.24) is 5.43 Å². The first-order valence-electron chi connectivity index (χ1n) is 1.70. The molecule has 0 bridgehead atoms. The molecular formula is C3H6Cl2N2O. The number of amides is 1. The van der Waals surface area contributed by atoms with Crippen molar-refractivity contribution in [3.8, 4) is 0 Å². The SMILES string of the molecule is Cl.Cl.O=C1CC=NN1. The maximum absolute atomic E-state index is 10.0.